The zero-order valence-corrected chi connectivity index (χ0v) is 16.7. The Labute approximate surface area is 161 Å². The van der Waals surface area contributed by atoms with E-state index >= 15 is 0 Å². The second-order valence-corrected chi connectivity index (χ2v) is 8.68. The van der Waals surface area contributed by atoms with Crippen LogP contribution in [0.1, 0.15) is 17.0 Å². The zero-order chi connectivity index (χ0) is 19.9. The molecule has 1 aromatic carbocycles. The molecule has 1 aliphatic heterocycles. The third kappa shape index (κ3) is 3.52. The second-order valence-electron chi connectivity index (χ2n) is 6.39. The van der Waals surface area contributed by atoms with E-state index in [2.05, 4.69) is 5.16 Å². The van der Waals surface area contributed by atoms with E-state index in [1.807, 2.05) is 4.90 Å². The third-order valence-electron chi connectivity index (χ3n) is 4.57. The Kier molecular flexibility index (Phi) is 5.15. The summed E-state index contributed by atoms with van der Waals surface area (Å²) in [7, 11) is -3.70. The summed E-state index contributed by atoms with van der Waals surface area (Å²) in [5, 5.41) is 15.0. The molecule has 0 atom stereocenters. The highest BCUT2D eigenvalue weighted by Crippen LogP contribution is 2.35. The van der Waals surface area contributed by atoms with Crippen LogP contribution in [0.25, 0.3) is 0 Å². The summed E-state index contributed by atoms with van der Waals surface area (Å²) in [4.78, 5) is 12.5. The minimum atomic E-state index is -3.70. The van der Waals surface area contributed by atoms with E-state index in [1.54, 1.807) is 20.8 Å². The number of piperazine rings is 1. The summed E-state index contributed by atoms with van der Waals surface area (Å²) in [5.74, 6) is 0.268. The summed E-state index contributed by atoms with van der Waals surface area (Å²) >= 11 is 6.26. The minimum absolute atomic E-state index is 0.0686. The Morgan fingerprint density at radius 3 is 2.30 bits per heavy atom. The largest absolute Gasteiger partial charge is 0.367 e. The van der Waals surface area contributed by atoms with E-state index in [4.69, 9.17) is 16.1 Å². The number of nitro benzene ring substituents is 1. The van der Waals surface area contributed by atoms with Gasteiger partial charge in [-0.1, -0.05) is 16.8 Å². The van der Waals surface area contributed by atoms with E-state index in [0.717, 1.165) is 0 Å². The molecule has 0 bridgehead atoms. The number of non-ortho nitro benzene ring substituents is 1. The average molecular weight is 415 g/mol. The van der Waals surface area contributed by atoms with Gasteiger partial charge in [0.15, 0.2) is 5.76 Å². The van der Waals surface area contributed by atoms with Gasteiger partial charge < -0.3 is 9.42 Å². The van der Waals surface area contributed by atoms with E-state index in [1.165, 1.54) is 16.4 Å². The van der Waals surface area contributed by atoms with Gasteiger partial charge in [0.2, 0.25) is 10.0 Å². The standard InChI is InChI=1S/C16H19ClN4O5S/c1-10-8-13(21(22)23)9-14(17)15(10)19-4-6-20(7-5-19)27(24,25)16-11(2)18-26-12(16)3/h8-9H,4-7H2,1-3H3. The number of hydrogen-bond acceptors (Lipinski definition) is 7. The lowest BCUT2D eigenvalue weighted by Gasteiger charge is -2.36. The van der Waals surface area contributed by atoms with E-state index < -0.39 is 14.9 Å². The monoisotopic (exact) mass is 414 g/mol. The van der Waals surface area contributed by atoms with E-state index in [0.29, 0.717) is 30.0 Å². The fourth-order valence-corrected chi connectivity index (χ4v) is 5.44. The summed E-state index contributed by atoms with van der Waals surface area (Å²) in [6, 6.07) is 2.78. The van der Waals surface area contributed by atoms with Crippen LogP contribution in [0.4, 0.5) is 11.4 Å². The molecule has 146 valence electrons. The first-order valence-corrected chi connectivity index (χ1v) is 10.1. The molecule has 1 fully saturated rings. The molecule has 2 aromatic rings. The van der Waals surface area contributed by atoms with Crippen molar-refractivity contribution in [1.82, 2.24) is 9.46 Å². The fourth-order valence-electron chi connectivity index (χ4n) is 3.35. The van der Waals surface area contributed by atoms with Crippen molar-refractivity contribution in [3.63, 3.8) is 0 Å². The highest BCUT2D eigenvalue weighted by Gasteiger charge is 2.34. The highest BCUT2D eigenvalue weighted by molar-refractivity contribution is 7.89. The highest BCUT2D eigenvalue weighted by atomic mass is 35.5. The molecule has 1 aliphatic rings. The molecule has 0 N–H and O–H groups in total. The second kappa shape index (κ2) is 7.10. The predicted molar refractivity (Wildman–Crippen MR) is 99.8 cm³/mol. The Hall–Kier alpha value is -2.17. The van der Waals surface area contributed by atoms with Crippen LogP contribution in [-0.4, -0.2) is 49.0 Å². The normalized spacial score (nSPS) is 15.9. The maximum Gasteiger partial charge on any atom is 0.271 e. The topological polar surface area (TPSA) is 110 Å². The number of rotatable bonds is 4. The van der Waals surface area contributed by atoms with Gasteiger partial charge in [0.25, 0.3) is 5.69 Å². The van der Waals surface area contributed by atoms with Crippen LogP contribution >= 0.6 is 11.6 Å². The van der Waals surface area contributed by atoms with E-state index in [9.17, 15) is 18.5 Å². The average Bonchev–Trinajstić information content (AvgIpc) is 2.94. The van der Waals surface area contributed by atoms with Gasteiger partial charge in [0.1, 0.15) is 10.6 Å². The minimum Gasteiger partial charge on any atom is -0.367 e. The van der Waals surface area contributed by atoms with Crippen LogP contribution < -0.4 is 4.90 Å². The molecule has 0 spiro atoms. The molecule has 0 radical (unpaired) electrons. The molecule has 9 nitrogen and oxygen atoms in total. The first-order valence-electron chi connectivity index (χ1n) is 8.25. The molecule has 27 heavy (non-hydrogen) atoms. The number of anilines is 1. The van der Waals surface area contributed by atoms with Crippen molar-refractivity contribution in [2.75, 3.05) is 31.1 Å². The molecule has 0 unspecified atom stereocenters. The van der Waals surface area contributed by atoms with Crippen molar-refractivity contribution in [2.24, 2.45) is 0 Å². The molecule has 0 amide bonds. The number of halogens is 1. The van der Waals surface area contributed by atoms with Crippen molar-refractivity contribution in [2.45, 2.75) is 25.7 Å². The van der Waals surface area contributed by atoms with Crippen LogP contribution in [-0.2, 0) is 10.0 Å². The molecule has 0 aliphatic carbocycles. The summed E-state index contributed by atoms with van der Waals surface area (Å²) < 4.78 is 32.2. The van der Waals surface area contributed by atoms with Gasteiger partial charge in [-0.25, -0.2) is 8.42 Å². The number of nitro groups is 1. The van der Waals surface area contributed by atoms with Crippen LogP contribution in [0.2, 0.25) is 5.02 Å². The lowest BCUT2D eigenvalue weighted by molar-refractivity contribution is -0.384. The maximum atomic E-state index is 12.9. The molecule has 2 heterocycles. The molecular weight excluding hydrogens is 396 g/mol. The SMILES string of the molecule is Cc1cc([N+](=O)[O-])cc(Cl)c1N1CCN(S(=O)(=O)c2c(C)noc2C)CC1. The predicted octanol–water partition coefficient (Wildman–Crippen LogP) is 2.67. The Morgan fingerprint density at radius 1 is 1.19 bits per heavy atom. The molecule has 0 saturated carbocycles. The number of benzene rings is 1. The van der Waals surface area contributed by atoms with Crippen LogP contribution in [0.3, 0.4) is 0 Å². The van der Waals surface area contributed by atoms with Gasteiger partial charge in [-0.2, -0.15) is 4.31 Å². The lowest BCUT2D eigenvalue weighted by atomic mass is 10.1. The third-order valence-corrected chi connectivity index (χ3v) is 7.00. The van der Waals surface area contributed by atoms with Gasteiger partial charge in [0.05, 0.1) is 15.6 Å². The lowest BCUT2D eigenvalue weighted by Crippen LogP contribution is -2.49. The Bertz CT molecular complexity index is 954. The maximum absolute atomic E-state index is 12.9. The fraction of sp³-hybridized carbons (Fsp3) is 0.438. The van der Waals surface area contributed by atoms with E-state index in [-0.39, 0.29) is 34.5 Å². The molecule has 3 rings (SSSR count). The zero-order valence-electron chi connectivity index (χ0n) is 15.1. The van der Waals surface area contributed by atoms with Crippen molar-refractivity contribution >= 4 is 33.0 Å². The summed E-state index contributed by atoms with van der Waals surface area (Å²) in [6.45, 7) is 6.28. The Balaban J connectivity index is 1.81. The van der Waals surface area contributed by atoms with Gasteiger partial charge in [-0.15, -0.1) is 0 Å². The quantitative estimate of drug-likeness (QED) is 0.558. The van der Waals surface area contributed by atoms with Crippen molar-refractivity contribution in [3.8, 4) is 0 Å². The van der Waals surface area contributed by atoms with Gasteiger partial charge in [-0.05, 0) is 26.3 Å². The number of aromatic nitrogens is 1. The molecule has 1 saturated heterocycles. The first kappa shape index (κ1) is 19.6. The summed E-state index contributed by atoms with van der Waals surface area (Å²) in [6.07, 6.45) is 0. The first-order chi connectivity index (χ1) is 12.6. The number of aryl methyl sites for hydroxylation is 3. The van der Waals surface area contributed by atoms with Crippen LogP contribution in [0, 0.1) is 30.9 Å². The number of sulfonamides is 1. The van der Waals surface area contributed by atoms with Crippen molar-refractivity contribution in [3.05, 3.63) is 44.3 Å². The molecule has 1 aromatic heterocycles. The van der Waals surface area contributed by atoms with Gasteiger partial charge in [0, 0.05) is 38.3 Å². The number of nitrogens with zero attached hydrogens (tertiary/aromatic N) is 4. The number of hydrogen-bond donors (Lipinski definition) is 0. The van der Waals surface area contributed by atoms with Crippen molar-refractivity contribution in [1.29, 1.82) is 0 Å². The summed E-state index contributed by atoms with van der Waals surface area (Å²) in [5.41, 5.74) is 1.64. The molecule has 11 heteroatoms. The van der Waals surface area contributed by atoms with Gasteiger partial charge >= 0.3 is 0 Å². The Morgan fingerprint density at radius 2 is 1.81 bits per heavy atom. The molecular formula is C16H19ClN4O5S. The smallest absolute Gasteiger partial charge is 0.271 e. The van der Waals surface area contributed by atoms with Crippen LogP contribution in [0.5, 0.6) is 0 Å². The van der Waals surface area contributed by atoms with Gasteiger partial charge in [-0.3, -0.25) is 10.1 Å². The van der Waals surface area contributed by atoms with Crippen LogP contribution in [0.15, 0.2) is 21.6 Å². The van der Waals surface area contributed by atoms with Crippen molar-refractivity contribution < 1.29 is 17.9 Å².